The minimum Gasteiger partial charge on any atom is -0.493 e. The van der Waals surface area contributed by atoms with Crippen molar-refractivity contribution in [2.75, 3.05) is 14.2 Å². The normalized spacial score (nSPS) is 12.1. The maximum absolute atomic E-state index is 6.24. The van der Waals surface area contributed by atoms with E-state index in [1.165, 1.54) is 0 Å². The lowest BCUT2D eigenvalue weighted by Gasteiger charge is -2.12. The topological polar surface area (TPSA) is 99.2 Å². The number of nitrogens with two attached hydrogens (primary N) is 1. The molecule has 3 N–H and O–H groups in total. The van der Waals surface area contributed by atoms with Crippen molar-refractivity contribution in [3.63, 3.8) is 0 Å². The average molecular weight is 300 g/mol. The van der Waals surface area contributed by atoms with Gasteiger partial charge in [0, 0.05) is 0 Å². The predicted molar refractivity (Wildman–Crippen MR) is 79.7 cm³/mol. The maximum Gasteiger partial charge on any atom is 0.216 e. The number of aromatic amines is 1. The van der Waals surface area contributed by atoms with Crippen LogP contribution in [-0.4, -0.2) is 29.4 Å². The molecule has 0 saturated heterocycles. The summed E-state index contributed by atoms with van der Waals surface area (Å²) in [5.74, 6) is 2.85. The monoisotopic (exact) mass is 300 g/mol. The summed E-state index contributed by atoms with van der Waals surface area (Å²) < 4.78 is 15.8. The highest BCUT2D eigenvalue weighted by molar-refractivity contribution is 5.47. The van der Waals surface area contributed by atoms with Crippen molar-refractivity contribution in [3.05, 3.63) is 48.0 Å². The molecule has 7 nitrogen and oxygen atoms in total. The summed E-state index contributed by atoms with van der Waals surface area (Å²) in [5.41, 5.74) is 7.07. The number of hydrogen-bond donors (Lipinski definition) is 2. The second-order valence-electron chi connectivity index (χ2n) is 4.61. The molecule has 0 bridgehead atoms. The van der Waals surface area contributed by atoms with Gasteiger partial charge in [-0.25, -0.2) is 4.98 Å². The lowest BCUT2D eigenvalue weighted by atomic mass is 10.1. The third-order valence-corrected chi connectivity index (χ3v) is 3.31. The molecule has 0 radical (unpaired) electrons. The van der Waals surface area contributed by atoms with Gasteiger partial charge in [0.05, 0.1) is 26.5 Å². The van der Waals surface area contributed by atoms with Gasteiger partial charge in [-0.15, -0.1) is 5.10 Å². The van der Waals surface area contributed by atoms with Crippen molar-refractivity contribution in [1.29, 1.82) is 0 Å². The second-order valence-corrected chi connectivity index (χ2v) is 4.61. The molecular formula is C15H16N4O3. The van der Waals surface area contributed by atoms with Gasteiger partial charge in [0.2, 0.25) is 5.82 Å². The Morgan fingerprint density at radius 3 is 2.68 bits per heavy atom. The number of methoxy groups -OCH3 is 2. The number of rotatable bonds is 5. The molecule has 3 aromatic rings. The third-order valence-electron chi connectivity index (χ3n) is 3.31. The number of nitrogens with one attached hydrogen (secondary N) is 1. The number of hydrogen-bond acceptors (Lipinski definition) is 6. The summed E-state index contributed by atoms with van der Waals surface area (Å²) in [6, 6.07) is 8.59. The number of aromatic nitrogens is 3. The largest absolute Gasteiger partial charge is 0.493 e. The van der Waals surface area contributed by atoms with Crippen LogP contribution in [0.15, 0.2) is 41.0 Å². The van der Waals surface area contributed by atoms with Crippen molar-refractivity contribution in [3.8, 4) is 23.1 Å². The van der Waals surface area contributed by atoms with E-state index in [9.17, 15) is 0 Å². The van der Waals surface area contributed by atoms with E-state index in [4.69, 9.17) is 19.6 Å². The van der Waals surface area contributed by atoms with E-state index in [1.54, 1.807) is 38.7 Å². The number of furan rings is 1. The molecule has 2 heterocycles. The van der Waals surface area contributed by atoms with Crippen LogP contribution in [0.1, 0.15) is 17.4 Å². The van der Waals surface area contributed by atoms with Crippen LogP contribution >= 0.6 is 0 Å². The Labute approximate surface area is 127 Å². The molecule has 1 aromatic carbocycles. The Hall–Kier alpha value is -2.80. The minimum atomic E-state index is -0.462. The Kier molecular flexibility index (Phi) is 3.80. The summed E-state index contributed by atoms with van der Waals surface area (Å²) in [6.07, 6.45) is 1.57. The number of H-pyrrole nitrogens is 1. The SMILES string of the molecule is COc1ccc(C(N)c2nc(-c3ccco3)n[nH]2)cc1OC. The van der Waals surface area contributed by atoms with Crippen LogP contribution in [-0.2, 0) is 0 Å². The smallest absolute Gasteiger partial charge is 0.216 e. The Balaban J connectivity index is 1.89. The van der Waals surface area contributed by atoms with Gasteiger partial charge in [0.15, 0.2) is 17.3 Å². The number of benzene rings is 1. The Morgan fingerprint density at radius 2 is 2.00 bits per heavy atom. The van der Waals surface area contributed by atoms with E-state index in [0.717, 1.165) is 5.56 Å². The van der Waals surface area contributed by atoms with E-state index >= 15 is 0 Å². The molecule has 22 heavy (non-hydrogen) atoms. The van der Waals surface area contributed by atoms with Gasteiger partial charge >= 0.3 is 0 Å². The van der Waals surface area contributed by atoms with Crippen molar-refractivity contribution in [2.45, 2.75) is 6.04 Å². The lowest BCUT2D eigenvalue weighted by molar-refractivity contribution is 0.354. The first-order valence-corrected chi connectivity index (χ1v) is 6.66. The summed E-state index contributed by atoms with van der Waals surface area (Å²) in [7, 11) is 3.17. The zero-order valence-electron chi connectivity index (χ0n) is 12.2. The summed E-state index contributed by atoms with van der Waals surface area (Å²) >= 11 is 0. The second kappa shape index (κ2) is 5.90. The highest BCUT2D eigenvalue weighted by Crippen LogP contribution is 2.30. The predicted octanol–water partition coefficient (Wildman–Crippen LogP) is 2.13. The summed E-state index contributed by atoms with van der Waals surface area (Å²) in [5, 5.41) is 6.96. The summed E-state index contributed by atoms with van der Waals surface area (Å²) in [4.78, 5) is 4.37. The van der Waals surface area contributed by atoms with Crippen LogP contribution in [0.3, 0.4) is 0 Å². The maximum atomic E-state index is 6.24. The molecule has 0 fully saturated rings. The molecule has 2 aromatic heterocycles. The molecular weight excluding hydrogens is 284 g/mol. The van der Waals surface area contributed by atoms with Crippen LogP contribution in [0.4, 0.5) is 0 Å². The van der Waals surface area contributed by atoms with E-state index in [2.05, 4.69) is 15.2 Å². The van der Waals surface area contributed by atoms with E-state index in [-0.39, 0.29) is 0 Å². The molecule has 0 amide bonds. The van der Waals surface area contributed by atoms with Gasteiger partial charge in [-0.05, 0) is 29.8 Å². The van der Waals surface area contributed by atoms with Gasteiger partial charge in [-0.3, -0.25) is 5.10 Å². The van der Waals surface area contributed by atoms with Crippen LogP contribution in [0, 0.1) is 0 Å². The molecule has 0 aliphatic heterocycles. The van der Waals surface area contributed by atoms with Crippen LogP contribution in [0.25, 0.3) is 11.6 Å². The van der Waals surface area contributed by atoms with Crippen molar-refractivity contribution >= 4 is 0 Å². The minimum absolute atomic E-state index is 0.462. The Bertz CT molecular complexity index is 752. The zero-order valence-corrected chi connectivity index (χ0v) is 12.2. The van der Waals surface area contributed by atoms with Crippen LogP contribution in [0.2, 0.25) is 0 Å². The fraction of sp³-hybridized carbons (Fsp3) is 0.200. The standard InChI is InChI=1S/C15H16N4O3/c1-20-10-6-5-9(8-12(10)21-2)13(16)15-17-14(18-19-15)11-4-3-7-22-11/h3-8,13H,16H2,1-2H3,(H,17,18,19). The molecule has 1 atom stereocenters. The van der Waals surface area contributed by atoms with Crippen molar-refractivity contribution < 1.29 is 13.9 Å². The molecule has 114 valence electrons. The molecule has 0 saturated carbocycles. The lowest BCUT2D eigenvalue weighted by Crippen LogP contribution is -2.14. The van der Waals surface area contributed by atoms with E-state index in [0.29, 0.717) is 28.9 Å². The van der Waals surface area contributed by atoms with Crippen LogP contribution in [0.5, 0.6) is 11.5 Å². The van der Waals surface area contributed by atoms with E-state index in [1.807, 2.05) is 12.1 Å². The third kappa shape index (κ3) is 2.53. The first-order valence-electron chi connectivity index (χ1n) is 6.66. The van der Waals surface area contributed by atoms with Crippen molar-refractivity contribution in [2.24, 2.45) is 5.73 Å². The molecule has 1 unspecified atom stereocenters. The molecule has 0 aliphatic carbocycles. The van der Waals surface area contributed by atoms with E-state index < -0.39 is 6.04 Å². The quantitative estimate of drug-likeness (QED) is 0.749. The molecule has 0 spiro atoms. The first kappa shape index (κ1) is 14.2. The van der Waals surface area contributed by atoms with Crippen molar-refractivity contribution in [1.82, 2.24) is 15.2 Å². The first-order chi connectivity index (χ1) is 10.7. The van der Waals surface area contributed by atoms with Gasteiger partial charge in [-0.1, -0.05) is 6.07 Å². The highest BCUT2D eigenvalue weighted by Gasteiger charge is 2.17. The molecule has 3 rings (SSSR count). The highest BCUT2D eigenvalue weighted by atomic mass is 16.5. The van der Waals surface area contributed by atoms with Gasteiger partial charge < -0.3 is 19.6 Å². The molecule has 0 aliphatic rings. The fourth-order valence-electron chi connectivity index (χ4n) is 2.13. The van der Waals surface area contributed by atoms with Crippen LogP contribution < -0.4 is 15.2 Å². The zero-order chi connectivity index (χ0) is 15.5. The average Bonchev–Trinajstić information content (AvgIpc) is 3.24. The van der Waals surface area contributed by atoms with Gasteiger partial charge in [-0.2, -0.15) is 0 Å². The fourth-order valence-corrected chi connectivity index (χ4v) is 2.13. The number of nitrogens with zero attached hydrogens (tertiary/aromatic N) is 2. The van der Waals surface area contributed by atoms with Gasteiger partial charge in [0.25, 0.3) is 0 Å². The van der Waals surface area contributed by atoms with Gasteiger partial charge in [0.1, 0.15) is 5.82 Å². The Morgan fingerprint density at radius 1 is 1.18 bits per heavy atom. The summed E-state index contributed by atoms with van der Waals surface area (Å²) in [6.45, 7) is 0. The number of ether oxygens (including phenoxy) is 2. The molecule has 7 heteroatoms.